The van der Waals surface area contributed by atoms with Crippen LogP contribution in [0.15, 0.2) is 24.3 Å². The highest BCUT2D eigenvalue weighted by atomic mass is 15.1. The van der Waals surface area contributed by atoms with E-state index in [1.165, 1.54) is 30.8 Å². The molecule has 1 aromatic carbocycles. The Morgan fingerprint density at radius 3 is 2.18 bits per heavy atom. The van der Waals surface area contributed by atoms with E-state index in [2.05, 4.69) is 56.9 Å². The SMILES string of the molecule is CC(C)c1ccc(N2CCC(C(C)C)C2)cc1. The Bertz CT molecular complexity index is 350. The van der Waals surface area contributed by atoms with Crippen LogP contribution in [0, 0.1) is 11.8 Å². The first kappa shape index (κ1) is 12.5. The molecule has 0 saturated carbocycles. The zero-order valence-corrected chi connectivity index (χ0v) is 11.6. The molecule has 17 heavy (non-hydrogen) atoms. The summed E-state index contributed by atoms with van der Waals surface area (Å²) in [7, 11) is 0. The summed E-state index contributed by atoms with van der Waals surface area (Å²) in [6, 6.07) is 9.14. The minimum Gasteiger partial charge on any atom is -0.371 e. The van der Waals surface area contributed by atoms with Crippen molar-refractivity contribution in [3.8, 4) is 0 Å². The minimum atomic E-state index is 0.631. The molecule has 1 aromatic rings. The van der Waals surface area contributed by atoms with Crippen molar-refractivity contribution in [2.24, 2.45) is 11.8 Å². The molecule has 1 saturated heterocycles. The largest absolute Gasteiger partial charge is 0.371 e. The van der Waals surface area contributed by atoms with Crippen LogP contribution in [0.1, 0.15) is 45.6 Å². The molecule has 0 amide bonds. The fourth-order valence-corrected chi connectivity index (χ4v) is 2.64. The molecule has 0 radical (unpaired) electrons. The second-order valence-electron chi connectivity index (χ2n) is 5.99. The second kappa shape index (κ2) is 5.12. The lowest BCUT2D eigenvalue weighted by atomic mass is 9.95. The first-order valence-electron chi connectivity index (χ1n) is 6.93. The van der Waals surface area contributed by atoms with Gasteiger partial charge in [0, 0.05) is 18.8 Å². The first-order chi connectivity index (χ1) is 8.08. The zero-order valence-electron chi connectivity index (χ0n) is 11.6. The Balaban J connectivity index is 2.04. The van der Waals surface area contributed by atoms with Crippen LogP contribution in [0.2, 0.25) is 0 Å². The van der Waals surface area contributed by atoms with Gasteiger partial charge >= 0.3 is 0 Å². The number of anilines is 1. The molecule has 1 atom stereocenters. The third kappa shape index (κ3) is 2.83. The summed E-state index contributed by atoms with van der Waals surface area (Å²) < 4.78 is 0. The molecule has 0 N–H and O–H groups in total. The van der Waals surface area contributed by atoms with Crippen LogP contribution in [0.3, 0.4) is 0 Å². The molecule has 94 valence electrons. The van der Waals surface area contributed by atoms with Crippen molar-refractivity contribution in [2.75, 3.05) is 18.0 Å². The topological polar surface area (TPSA) is 3.24 Å². The number of nitrogens with zero attached hydrogens (tertiary/aromatic N) is 1. The van der Waals surface area contributed by atoms with E-state index in [9.17, 15) is 0 Å². The maximum Gasteiger partial charge on any atom is 0.0366 e. The normalized spacial score (nSPS) is 20.6. The standard InChI is InChI=1S/C16H25N/c1-12(2)14-5-7-16(8-6-14)17-10-9-15(11-17)13(3)4/h5-8,12-13,15H,9-11H2,1-4H3. The van der Waals surface area contributed by atoms with Crippen LogP contribution in [0.25, 0.3) is 0 Å². The number of hydrogen-bond acceptors (Lipinski definition) is 1. The van der Waals surface area contributed by atoms with E-state index in [1.54, 1.807) is 0 Å². The van der Waals surface area contributed by atoms with E-state index >= 15 is 0 Å². The van der Waals surface area contributed by atoms with Crippen molar-refractivity contribution in [2.45, 2.75) is 40.0 Å². The van der Waals surface area contributed by atoms with Crippen LogP contribution in [-0.2, 0) is 0 Å². The molecule has 1 heteroatoms. The molecule has 2 rings (SSSR count). The Labute approximate surface area is 106 Å². The fourth-order valence-electron chi connectivity index (χ4n) is 2.64. The first-order valence-corrected chi connectivity index (χ1v) is 6.93. The van der Waals surface area contributed by atoms with E-state index in [0.29, 0.717) is 5.92 Å². The quantitative estimate of drug-likeness (QED) is 0.750. The van der Waals surface area contributed by atoms with Gasteiger partial charge in [-0.1, -0.05) is 39.8 Å². The van der Waals surface area contributed by atoms with Gasteiger partial charge in [0.1, 0.15) is 0 Å². The maximum absolute atomic E-state index is 2.54. The molecule has 1 fully saturated rings. The molecule has 1 aliphatic heterocycles. The lowest BCUT2D eigenvalue weighted by molar-refractivity contribution is 0.423. The smallest absolute Gasteiger partial charge is 0.0366 e. The molecule has 0 aromatic heterocycles. The predicted octanol–water partition coefficient (Wildman–Crippen LogP) is 4.29. The van der Waals surface area contributed by atoms with Gasteiger partial charge in [-0.3, -0.25) is 0 Å². The van der Waals surface area contributed by atoms with Crippen LogP contribution < -0.4 is 4.90 Å². The molecule has 1 unspecified atom stereocenters. The average molecular weight is 231 g/mol. The Kier molecular flexibility index (Phi) is 3.76. The number of hydrogen-bond donors (Lipinski definition) is 0. The molecule has 1 nitrogen and oxygen atoms in total. The minimum absolute atomic E-state index is 0.631. The van der Waals surface area contributed by atoms with Crippen molar-refractivity contribution in [1.29, 1.82) is 0 Å². The average Bonchev–Trinajstić information content (AvgIpc) is 2.78. The summed E-state index contributed by atoms with van der Waals surface area (Å²) in [6.07, 6.45) is 1.35. The Morgan fingerprint density at radius 2 is 1.71 bits per heavy atom. The molecule has 0 aliphatic carbocycles. The Hall–Kier alpha value is -0.980. The van der Waals surface area contributed by atoms with Crippen molar-refractivity contribution >= 4 is 5.69 Å². The van der Waals surface area contributed by atoms with E-state index in [1.807, 2.05) is 0 Å². The third-order valence-electron chi connectivity index (χ3n) is 4.09. The van der Waals surface area contributed by atoms with Crippen LogP contribution in [0.4, 0.5) is 5.69 Å². The lowest BCUT2D eigenvalue weighted by Gasteiger charge is -2.20. The van der Waals surface area contributed by atoms with Crippen molar-refractivity contribution < 1.29 is 0 Å². The van der Waals surface area contributed by atoms with Crippen LogP contribution in [0.5, 0.6) is 0 Å². The summed E-state index contributed by atoms with van der Waals surface area (Å²) in [5, 5.41) is 0. The molecule has 1 aliphatic rings. The van der Waals surface area contributed by atoms with Gasteiger partial charge in [0.15, 0.2) is 0 Å². The fraction of sp³-hybridized carbons (Fsp3) is 0.625. The summed E-state index contributed by atoms with van der Waals surface area (Å²) >= 11 is 0. The van der Waals surface area contributed by atoms with Gasteiger partial charge in [0.05, 0.1) is 0 Å². The van der Waals surface area contributed by atoms with Crippen LogP contribution >= 0.6 is 0 Å². The summed E-state index contributed by atoms with van der Waals surface area (Å²) in [6.45, 7) is 11.6. The molecule has 0 bridgehead atoms. The van der Waals surface area contributed by atoms with Crippen molar-refractivity contribution in [3.05, 3.63) is 29.8 Å². The maximum atomic E-state index is 2.54. The van der Waals surface area contributed by atoms with Gasteiger partial charge < -0.3 is 4.90 Å². The van der Waals surface area contributed by atoms with Gasteiger partial charge in [-0.2, -0.15) is 0 Å². The van der Waals surface area contributed by atoms with Crippen molar-refractivity contribution in [3.63, 3.8) is 0 Å². The second-order valence-corrected chi connectivity index (χ2v) is 5.99. The predicted molar refractivity (Wildman–Crippen MR) is 75.7 cm³/mol. The highest BCUT2D eigenvalue weighted by molar-refractivity contribution is 5.48. The summed E-state index contributed by atoms with van der Waals surface area (Å²) in [4.78, 5) is 2.54. The van der Waals surface area contributed by atoms with Crippen molar-refractivity contribution in [1.82, 2.24) is 0 Å². The van der Waals surface area contributed by atoms with Gasteiger partial charge in [-0.05, 0) is 41.9 Å². The van der Waals surface area contributed by atoms with E-state index in [0.717, 1.165) is 11.8 Å². The highest BCUT2D eigenvalue weighted by Crippen LogP contribution is 2.29. The lowest BCUT2D eigenvalue weighted by Crippen LogP contribution is -2.21. The zero-order chi connectivity index (χ0) is 12.4. The molecule has 1 heterocycles. The number of benzene rings is 1. The monoisotopic (exact) mass is 231 g/mol. The van der Waals surface area contributed by atoms with Crippen LogP contribution in [-0.4, -0.2) is 13.1 Å². The summed E-state index contributed by atoms with van der Waals surface area (Å²) in [5.74, 6) is 2.32. The number of rotatable bonds is 3. The van der Waals surface area contributed by atoms with Gasteiger partial charge in [0.25, 0.3) is 0 Å². The molecular formula is C16H25N. The summed E-state index contributed by atoms with van der Waals surface area (Å²) in [5.41, 5.74) is 2.84. The molecule has 0 spiro atoms. The van der Waals surface area contributed by atoms with Gasteiger partial charge in [0.2, 0.25) is 0 Å². The Morgan fingerprint density at radius 1 is 1.06 bits per heavy atom. The highest BCUT2D eigenvalue weighted by Gasteiger charge is 2.24. The molecular weight excluding hydrogens is 206 g/mol. The van der Waals surface area contributed by atoms with Gasteiger partial charge in [-0.25, -0.2) is 0 Å². The van der Waals surface area contributed by atoms with Gasteiger partial charge in [-0.15, -0.1) is 0 Å². The third-order valence-corrected chi connectivity index (χ3v) is 4.09. The van der Waals surface area contributed by atoms with E-state index in [4.69, 9.17) is 0 Å². The van der Waals surface area contributed by atoms with E-state index in [-0.39, 0.29) is 0 Å². The van der Waals surface area contributed by atoms with E-state index < -0.39 is 0 Å².